The summed E-state index contributed by atoms with van der Waals surface area (Å²) >= 11 is 0. The standard InChI is InChI=1S/C17H32O2/c1-7-16(5)11-12-17(6,19-13-18)15(3,4)10-8-9-14(16)2/h13-14H,7-12H2,1-6H3/t14-,16+,17-/m1/s1. The molecule has 1 rings (SSSR count). The highest BCUT2D eigenvalue weighted by molar-refractivity contribution is 5.38. The molecule has 1 saturated carbocycles. The van der Waals surface area contributed by atoms with Crippen LogP contribution in [0.15, 0.2) is 0 Å². The summed E-state index contributed by atoms with van der Waals surface area (Å²) < 4.78 is 5.57. The summed E-state index contributed by atoms with van der Waals surface area (Å²) in [5, 5.41) is 0. The van der Waals surface area contributed by atoms with Crippen LogP contribution in [0.5, 0.6) is 0 Å². The lowest BCUT2D eigenvalue weighted by Crippen LogP contribution is -2.44. The number of carbonyl (C=O) groups excluding carboxylic acids is 1. The summed E-state index contributed by atoms with van der Waals surface area (Å²) in [6, 6.07) is 0. The van der Waals surface area contributed by atoms with Gasteiger partial charge in [-0.15, -0.1) is 0 Å². The van der Waals surface area contributed by atoms with Crippen molar-refractivity contribution >= 4 is 6.47 Å². The van der Waals surface area contributed by atoms with Gasteiger partial charge in [-0.2, -0.15) is 0 Å². The van der Waals surface area contributed by atoms with E-state index in [4.69, 9.17) is 4.74 Å². The first kappa shape index (κ1) is 16.5. The zero-order valence-electron chi connectivity index (χ0n) is 13.7. The van der Waals surface area contributed by atoms with E-state index in [-0.39, 0.29) is 11.0 Å². The maximum Gasteiger partial charge on any atom is 0.293 e. The monoisotopic (exact) mass is 268 g/mol. The zero-order chi connectivity index (χ0) is 14.7. The van der Waals surface area contributed by atoms with Crippen molar-refractivity contribution in [3.05, 3.63) is 0 Å². The summed E-state index contributed by atoms with van der Waals surface area (Å²) in [6.07, 6.45) is 6.94. The lowest BCUT2D eigenvalue weighted by atomic mass is 9.67. The van der Waals surface area contributed by atoms with E-state index in [0.29, 0.717) is 11.9 Å². The predicted octanol–water partition coefficient (Wildman–Crippen LogP) is 4.96. The molecule has 0 heterocycles. The van der Waals surface area contributed by atoms with Crippen LogP contribution in [-0.2, 0) is 9.53 Å². The summed E-state index contributed by atoms with van der Waals surface area (Å²) in [4.78, 5) is 10.9. The van der Waals surface area contributed by atoms with E-state index in [1.54, 1.807) is 0 Å². The van der Waals surface area contributed by atoms with Crippen molar-refractivity contribution < 1.29 is 9.53 Å². The number of hydrogen-bond acceptors (Lipinski definition) is 2. The van der Waals surface area contributed by atoms with Gasteiger partial charge in [-0.1, -0.05) is 53.9 Å². The lowest BCUT2D eigenvalue weighted by molar-refractivity contribution is -0.158. The minimum absolute atomic E-state index is 0.0482. The highest BCUT2D eigenvalue weighted by atomic mass is 16.5. The number of ether oxygens (including phenoxy) is 1. The summed E-state index contributed by atoms with van der Waals surface area (Å²) in [7, 11) is 0. The van der Waals surface area contributed by atoms with Crippen LogP contribution in [0, 0.1) is 16.7 Å². The molecule has 0 unspecified atom stereocenters. The van der Waals surface area contributed by atoms with E-state index in [0.717, 1.165) is 25.2 Å². The quantitative estimate of drug-likeness (QED) is 0.676. The van der Waals surface area contributed by atoms with Gasteiger partial charge in [-0.25, -0.2) is 0 Å². The molecule has 0 radical (unpaired) electrons. The van der Waals surface area contributed by atoms with Crippen LogP contribution < -0.4 is 0 Å². The van der Waals surface area contributed by atoms with Crippen molar-refractivity contribution in [2.75, 3.05) is 0 Å². The van der Waals surface area contributed by atoms with Crippen LogP contribution in [0.4, 0.5) is 0 Å². The van der Waals surface area contributed by atoms with Gasteiger partial charge in [-0.3, -0.25) is 4.79 Å². The third-order valence-electron chi connectivity index (χ3n) is 6.35. The topological polar surface area (TPSA) is 26.3 Å². The van der Waals surface area contributed by atoms with Gasteiger partial charge in [0.25, 0.3) is 6.47 Å². The van der Waals surface area contributed by atoms with Crippen LogP contribution in [-0.4, -0.2) is 12.1 Å². The Kier molecular flexibility index (Phi) is 5.08. The average molecular weight is 268 g/mol. The molecule has 1 aliphatic rings. The molecule has 0 saturated heterocycles. The molecule has 0 aromatic heterocycles. The molecule has 0 bridgehead atoms. The molecule has 112 valence electrons. The molecule has 0 aromatic rings. The maximum absolute atomic E-state index is 10.9. The highest BCUT2D eigenvalue weighted by Gasteiger charge is 2.45. The zero-order valence-corrected chi connectivity index (χ0v) is 13.7. The SMILES string of the molecule is CC[C@@]1(C)CC[C@@](C)(OC=O)C(C)(C)CCC[C@H]1C. The maximum atomic E-state index is 10.9. The second-order valence-electron chi connectivity index (χ2n) is 7.63. The van der Waals surface area contributed by atoms with Crippen LogP contribution >= 0.6 is 0 Å². The Bertz CT molecular complexity index is 310. The largest absolute Gasteiger partial charge is 0.461 e. The minimum Gasteiger partial charge on any atom is -0.461 e. The Morgan fingerprint density at radius 2 is 1.79 bits per heavy atom. The average Bonchev–Trinajstić information content (AvgIpc) is 2.37. The molecule has 0 amide bonds. The van der Waals surface area contributed by atoms with E-state index in [1.165, 1.54) is 19.3 Å². The normalized spacial score (nSPS) is 39.8. The van der Waals surface area contributed by atoms with Crippen molar-refractivity contribution in [2.24, 2.45) is 16.7 Å². The van der Waals surface area contributed by atoms with Crippen molar-refractivity contribution in [2.45, 2.75) is 85.7 Å². The van der Waals surface area contributed by atoms with Crippen LogP contribution in [0.3, 0.4) is 0 Å². The molecule has 0 spiro atoms. The molecule has 0 N–H and O–H groups in total. The predicted molar refractivity (Wildman–Crippen MR) is 80.0 cm³/mol. The van der Waals surface area contributed by atoms with Crippen LogP contribution in [0.1, 0.15) is 80.1 Å². The van der Waals surface area contributed by atoms with E-state index >= 15 is 0 Å². The Hall–Kier alpha value is -0.530. The Labute approximate surface area is 119 Å². The van der Waals surface area contributed by atoms with Crippen molar-refractivity contribution in [1.29, 1.82) is 0 Å². The van der Waals surface area contributed by atoms with Gasteiger partial charge in [0.2, 0.25) is 0 Å². The molecule has 0 aromatic carbocycles. The van der Waals surface area contributed by atoms with Gasteiger partial charge in [0.05, 0.1) is 0 Å². The molecule has 2 heteroatoms. The second kappa shape index (κ2) is 5.85. The lowest BCUT2D eigenvalue weighted by Gasteiger charge is -2.44. The van der Waals surface area contributed by atoms with Crippen molar-refractivity contribution in [3.63, 3.8) is 0 Å². The Morgan fingerprint density at radius 3 is 2.32 bits per heavy atom. The highest BCUT2D eigenvalue weighted by Crippen LogP contribution is 2.48. The second-order valence-corrected chi connectivity index (χ2v) is 7.63. The van der Waals surface area contributed by atoms with Gasteiger partial charge in [0.15, 0.2) is 0 Å². The van der Waals surface area contributed by atoms with E-state index < -0.39 is 0 Å². The van der Waals surface area contributed by atoms with Crippen LogP contribution in [0.25, 0.3) is 0 Å². The Balaban J connectivity index is 3.02. The first-order valence-electron chi connectivity index (χ1n) is 7.82. The molecule has 3 atom stereocenters. The van der Waals surface area contributed by atoms with Gasteiger partial charge in [0, 0.05) is 5.41 Å². The number of carbonyl (C=O) groups is 1. The van der Waals surface area contributed by atoms with E-state index in [1.807, 2.05) is 0 Å². The fraction of sp³-hybridized carbons (Fsp3) is 0.941. The molecule has 1 fully saturated rings. The van der Waals surface area contributed by atoms with E-state index in [9.17, 15) is 4.79 Å². The molecular formula is C17H32O2. The van der Waals surface area contributed by atoms with E-state index in [2.05, 4.69) is 41.5 Å². The third-order valence-corrected chi connectivity index (χ3v) is 6.35. The fourth-order valence-corrected chi connectivity index (χ4v) is 3.42. The number of rotatable bonds is 3. The molecule has 2 nitrogen and oxygen atoms in total. The van der Waals surface area contributed by atoms with Gasteiger partial charge < -0.3 is 4.74 Å². The number of hydrogen-bond donors (Lipinski definition) is 0. The molecular weight excluding hydrogens is 236 g/mol. The summed E-state index contributed by atoms with van der Waals surface area (Å²) in [6.45, 7) is 14.3. The summed E-state index contributed by atoms with van der Waals surface area (Å²) in [5.74, 6) is 0.742. The smallest absolute Gasteiger partial charge is 0.293 e. The van der Waals surface area contributed by atoms with Gasteiger partial charge >= 0.3 is 0 Å². The fourth-order valence-electron chi connectivity index (χ4n) is 3.42. The Morgan fingerprint density at radius 1 is 1.16 bits per heavy atom. The first-order valence-corrected chi connectivity index (χ1v) is 7.82. The van der Waals surface area contributed by atoms with Crippen LogP contribution in [0.2, 0.25) is 0 Å². The first-order chi connectivity index (χ1) is 8.71. The van der Waals surface area contributed by atoms with Gasteiger partial charge in [-0.05, 0) is 37.5 Å². The molecule has 19 heavy (non-hydrogen) atoms. The van der Waals surface area contributed by atoms with Crippen molar-refractivity contribution in [1.82, 2.24) is 0 Å². The summed E-state index contributed by atoms with van der Waals surface area (Å²) in [5.41, 5.74) is 0.0792. The third kappa shape index (κ3) is 3.32. The molecule has 1 aliphatic carbocycles. The van der Waals surface area contributed by atoms with Crippen molar-refractivity contribution in [3.8, 4) is 0 Å². The van der Waals surface area contributed by atoms with Gasteiger partial charge in [0.1, 0.15) is 5.60 Å². The minimum atomic E-state index is -0.338. The molecule has 0 aliphatic heterocycles.